The quantitative estimate of drug-likeness (QED) is 0.216. The van der Waals surface area contributed by atoms with Crippen molar-refractivity contribution in [2.45, 2.75) is 13.3 Å². The monoisotopic (exact) mass is 356 g/mol. The van der Waals surface area contributed by atoms with Crippen molar-refractivity contribution in [1.82, 2.24) is 30.7 Å². The van der Waals surface area contributed by atoms with Crippen molar-refractivity contribution >= 4 is 34.6 Å². The molecule has 0 spiro atoms. The molecule has 136 valence electrons. The van der Waals surface area contributed by atoms with E-state index in [-0.39, 0.29) is 0 Å². The minimum Gasteiger partial charge on any atom is -0.368 e. The van der Waals surface area contributed by atoms with Gasteiger partial charge in [-0.15, -0.1) is 0 Å². The maximum atomic E-state index is 10.9. The molecule has 6 N–H and O–H groups in total. The molecule has 1 aromatic carbocycles. The van der Waals surface area contributed by atoms with Gasteiger partial charge in [-0.05, 0) is 25.5 Å². The Kier molecular flexibility index (Phi) is 5.44. The minimum atomic E-state index is -0.632. The molecule has 0 saturated carbocycles. The SMILES string of the molecule is Cc1ccc(Nc2nc(NCCCNC(=O)NO)c3[nH]cnc3n2)cc1. The van der Waals surface area contributed by atoms with Crippen molar-refractivity contribution in [3.8, 4) is 0 Å². The van der Waals surface area contributed by atoms with Gasteiger partial charge in [0.15, 0.2) is 11.5 Å². The van der Waals surface area contributed by atoms with Crippen LogP contribution >= 0.6 is 0 Å². The molecule has 0 bridgehead atoms. The van der Waals surface area contributed by atoms with Crippen molar-refractivity contribution in [3.05, 3.63) is 36.2 Å². The Morgan fingerprint density at radius 1 is 1.19 bits per heavy atom. The summed E-state index contributed by atoms with van der Waals surface area (Å²) < 4.78 is 0. The van der Waals surface area contributed by atoms with Crippen LogP contribution in [0.1, 0.15) is 12.0 Å². The number of fused-ring (bicyclic) bond motifs is 1. The lowest BCUT2D eigenvalue weighted by atomic mass is 10.2. The van der Waals surface area contributed by atoms with Crippen molar-refractivity contribution < 1.29 is 10.0 Å². The Bertz CT molecular complexity index is 878. The second-order valence-electron chi connectivity index (χ2n) is 5.64. The Morgan fingerprint density at radius 3 is 2.77 bits per heavy atom. The number of imidazole rings is 1. The molecule has 10 nitrogen and oxygen atoms in total. The maximum absolute atomic E-state index is 10.9. The smallest absolute Gasteiger partial charge is 0.338 e. The van der Waals surface area contributed by atoms with Gasteiger partial charge in [0.25, 0.3) is 0 Å². The van der Waals surface area contributed by atoms with E-state index in [1.165, 1.54) is 11.0 Å². The average Bonchev–Trinajstić information content (AvgIpc) is 3.11. The molecule has 0 saturated heterocycles. The molecule has 0 aliphatic rings. The number of hydroxylamine groups is 1. The molecule has 0 aliphatic carbocycles. The van der Waals surface area contributed by atoms with Gasteiger partial charge in [0, 0.05) is 18.8 Å². The average molecular weight is 356 g/mol. The Morgan fingerprint density at radius 2 is 2.00 bits per heavy atom. The third kappa shape index (κ3) is 4.36. The van der Waals surface area contributed by atoms with Crippen LogP contribution in [0.5, 0.6) is 0 Å². The van der Waals surface area contributed by atoms with Gasteiger partial charge in [0.05, 0.1) is 6.33 Å². The molecular formula is C16H20N8O2. The first kappa shape index (κ1) is 17.4. The fraction of sp³-hybridized carbons (Fsp3) is 0.250. The number of aryl methyl sites for hydroxylation is 1. The number of anilines is 3. The van der Waals surface area contributed by atoms with Gasteiger partial charge in [-0.2, -0.15) is 9.97 Å². The summed E-state index contributed by atoms with van der Waals surface area (Å²) >= 11 is 0. The van der Waals surface area contributed by atoms with Gasteiger partial charge in [0.1, 0.15) is 5.52 Å². The molecule has 2 heterocycles. The first-order chi connectivity index (χ1) is 12.7. The fourth-order valence-electron chi connectivity index (χ4n) is 2.32. The van der Waals surface area contributed by atoms with Crippen LogP contribution in [0.2, 0.25) is 0 Å². The van der Waals surface area contributed by atoms with E-state index in [9.17, 15) is 4.79 Å². The number of nitrogens with zero attached hydrogens (tertiary/aromatic N) is 3. The summed E-state index contributed by atoms with van der Waals surface area (Å²) in [6, 6.07) is 7.29. The van der Waals surface area contributed by atoms with Crippen LogP contribution in [-0.2, 0) is 0 Å². The summed E-state index contributed by atoms with van der Waals surface area (Å²) in [4.78, 5) is 27.0. The second-order valence-corrected chi connectivity index (χ2v) is 5.64. The number of carbonyl (C=O) groups is 1. The topological polar surface area (TPSA) is 140 Å². The maximum Gasteiger partial charge on any atom is 0.338 e. The van der Waals surface area contributed by atoms with Gasteiger partial charge in [-0.25, -0.2) is 15.3 Å². The standard InChI is InChI=1S/C16H20N8O2/c1-10-3-5-11(6-4-10)21-15-22-13(12-14(23-15)20-9-19-12)17-7-2-8-18-16(25)24-26/h3-6,9,26H,2,7-8H2,1H3,(H2,18,24,25)(H3,17,19,20,21,22,23). The summed E-state index contributed by atoms with van der Waals surface area (Å²) in [7, 11) is 0. The van der Waals surface area contributed by atoms with Crippen LogP contribution in [0, 0.1) is 6.92 Å². The van der Waals surface area contributed by atoms with Crippen LogP contribution in [0.4, 0.5) is 22.2 Å². The minimum absolute atomic E-state index is 0.408. The number of aromatic amines is 1. The van der Waals surface area contributed by atoms with E-state index in [2.05, 4.69) is 35.9 Å². The third-order valence-corrected chi connectivity index (χ3v) is 3.63. The van der Waals surface area contributed by atoms with Crippen LogP contribution < -0.4 is 21.4 Å². The number of urea groups is 1. The number of aromatic nitrogens is 4. The summed E-state index contributed by atoms with van der Waals surface area (Å²) in [6.07, 6.45) is 2.21. The van der Waals surface area contributed by atoms with Gasteiger partial charge in [-0.3, -0.25) is 5.21 Å². The molecule has 0 fully saturated rings. The number of hydrogen-bond donors (Lipinski definition) is 6. The van der Waals surface area contributed by atoms with E-state index >= 15 is 0 Å². The lowest BCUT2D eigenvalue weighted by Crippen LogP contribution is -2.34. The Balaban J connectivity index is 1.67. The highest BCUT2D eigenvalue weighted by molar-refractivity contribution is 5.84. The molecule has 0 aliphatic heterocycles. The summed E-state index contributed by atoms with van der Waals surface area (Å²) in [6.45, 7) is 3.00. The third-order valence-electron chi connectivity index (χ3n) is 3.63. The van der Waals surface area contributed by atoms with Crippen LogP contribution in [0.3, 0.4) is 0 Å². The number of rotatable bonds is 7. The molecule has 2 amide bonds. The van der Waals surface area contributed by atoms with Crippen molar-refractivity contribution in [2.75, 3.05) is 23.7 Å². The zero-order valence-electron chi connectivity index (χ0n) is 14.2. The fourth-order valence-corrected chi connectivity index (χ4v) is 2.32. The molecule has 10 heteroatoms. The first-order valence-electron chi connectivity index (χ1n) is 8.12. The molecule has 3 rings (SSSR count). The Labute approximate surface area is 149 Å². The normalized spacial score (nSPS) is 10.5. The lowest BCUT2D eigenvalue weighted by molar-refractivity contribution is 0.162. The summed E-state index contributed by atoms with van der Waals surface area (Å²) in [5.74, 6) is 1.06. The van der Waals surface area contributed by atoms with Crippen molar-refractivity contribution in [2.24, 2.45) is 0 Å². The predicted molar refractivity (Wildman–Crippen MR) is 97.6 cm³/mol. The van der Waals surface area contributed by atoms with E-state index in [1.54, 1.807) is 6.33 Å². The van der Waals surface area contributed by atoms with E-state index in [4.69, 9.17) is 5.21 Å². The number of carbonyl (C=O) groups excluding carboxylic acids is 1. The van der Waals surface area contributed by atoms with Crippen molar-refractivity contribution in [1.29, 1.82) is 0 Å². The zero-order chi connectivity index (χ0) is 18.4. The highest BCUT2D eigenvalue weighted by atomic mass is 16.5. The number of nitrogens with one attached hydrogen (secondary N) is 5. The Hall–Kier alpha value is -3.40. The largest absolute Gasteiger partial charge is 0.368 e. The van der Waals surface area contributed by atoms with E-state index in [0.29, 0.717) is 42.4 Å². The van der Waals surface area contributed by atoms with Gasteiger partial charge in [-0.1, -0.05) is 17.7 Å². The number of hydrogen-bond acceptors (Lipinski definition) is 7. The summed E-state index contributed by atoms with van der Waals surface area (Å²) in [5, 5.41) is 17.3. The van der Waals surface area contributed by atoms with Crippen LogP contribution in [0.25, 0.3) is 11.2 Å². The van der Waals surface area contributed by atoms with Gasteiger partial charge < -0.3 is 20.9 Å². The molecule has 3 aromatic rings. The number of benzene rings is 1. The number of H-pyrrole nitrogens is 1. The highest BCUT2D eigenvalue weighted by Gasteiger charge is 2.10. The van der Waals surface area contributed by atoms with E-state index in [0.717, 1.165) is 5.69 Å². The van der Waals surface area contributed by atoms with Gasteiger partial charge >= 0.3 is 6.03 Å². The zero-order valence-corrected chi connectivity index (χ0v) is 14.2. The van der Waals surface area contributed by atoms with Crippen LogP contribution in [0.15, 0.2) is 30.6 Å². The molecule has 0 unspecified atom stereocenters. The summed E-state index contributed by atoms with van der Waals surface area (Å²) in [5.41, 5.74) is 4.83. The van der Waals surface area contributed by atoms with Crippen LogP contribution in [-0.4, -0.2) is 44.3 Å². The lowest BCUT2D eigenvalue weighted by Gasteiger charge is -2.10. The molecule has 0 atom stereocenters. The highest BCUT2D eigenvalue weighted by Crippen LogP contribution is 2.21. The van der Waals surface area contributed by atoms with Crippen molar-refractivity contribution in [3.63, 3.8) is 0 Å². The first-order valence-corrected chi connectivity index (χ1v) is 8.12. The number of amides is 2. The molecular weight excluding hydrogens is 336 g/mol. The second kappa shape index (κ2) is 8.12. The molecule has 26 heavy (non-hydrogen) atoms. The van der Waals surface area contributed by atoms with E-state index in [1.807, 2.05) is 31.2 Å². The molecule has 2 aromatic heterocycles. The predicted octanol–water partition coefficient (Wildman–Crippen LogP) is 1.90. The molecule has 0 radical (unpaired) electrons. The van der Waals surface area contributed by atoms with E-state index < -0.39 is 6.03 Å². The van der Waals surface area contributed by atoms with Gasteiger partial charge in [0.2, 0.25) is 5.95 Å².